The summed E-state index contributed by atoms with van der Waals surface area (Å²) in [5.41, 5.74) is 1.17. The van der Waals surface area contributed by atoms with Crippen LogP contribution < -0.4 is 5.32 Å². The molecule has 0 saturated heterocycles. The van der Waals surface area contributed by atoms with Crippen LogP contribution in [0.2, 0.25) is 0 Å². The Morgan fingerprint density at radius 3 is 2.44 bits per heavy atom. The molecule has 18 heavy (non-hydrogen) atoms. The molecule has 0 radical (unpaired) electrons. The third-order valence-electron chi connectivity index (χ3n) is 3.36. The van der Waals surface area contributed by atoms with Gasteiger partial charge in [0.05, 0.1) is 12.6 Å². The predicted octanol–water partition coefficient (Wildman–Crippen LogP) is 3.67. The van der Waals surface area contributed by atoms with Gasteiger partial charge in [-0.1, -0.05) is 62.9 Å². The average molecular weight is 249 g/mol. The monoisotopic (exact) mass is 249 g/mol. The normalized spacial score (nSPS) is 14.4. The molecule has 1 aromatic rings. The summed E-state index contributed by atoms with van der Waals surface area (Å²) in [7, 11) is 0. The van der Waals surface area contributed by atoms with Crippen LogP contribution in [0.5, 0.6) is 0 Å². The van der Waals surface area contributed by atoms with Gasteiger partial charge < -0.3 is 10.4 Å². The van der Waals surface area contributed by atoms with E-state index < -0.39 is 0 Å². The van der Waals surface area contributed by atoms with Crippen LogP contribution in [0.3, 0.4) is 0 Å². The van der Waals surface area contributed by atoms with Crippen molar-refractivity contribution < 1.29 is 5.11 Å². The molecule has 0 aliphatic heterocycles. The van der Waals surface area contributed by atoms with Gasteiger partial charge in [0, 0.05) is 6.04 Å². The Morgan fingerprint density at radius 2 is 1.83 bits per heavy atom. The van der Waals surface area contributed by atoms with E-state index in [0.29, 0.717) is 6.04 Å². The molecular formula is C16H27NO. The van der Waals surface area contributed by atoms with Crippen LogP contribution in [0, 0.1) is 0 Å². The first-order valence-electron chi connectivity index (χ1n) is 7.19. The van der Waals surface area contributed by atoms with Crippen molar-refractivity contribution in [2.45, 2.75) is 58.0 Å². The van der Waals surface area contributed by atoms with Crippen LogP contribution in [0.4, 0.5) is 0 Å². The zero-order valence-corrected chi connectivity index (χ0v) is 11.7. The van der Waals surface area contributed by atoms with Crippen LogP contribution in [-0.2, 0) is 0 Å². The van der Waals surface area contributed by atoms with E-state index in [-0.39, 0.29) is 12.6 Å². The average Bonchev–Trinajstić information content (AvgIpc) is 2.42. The summed E-state index contributed by atoms with van der Waals surface area (Å²) in [5, 5.41) is 13.0. The van der Waals surface area contributed by atoms with Crippen LogP contribution in [-0.4, -0.2) is 17.8 Å². The molecule has 1 rings (SSSR count). The Bertz CT molecular complexity index is 299. The summed E-state index contributed by atoms with van der Waals surface area (Å²) in [6, 6.07) is 10.7. The first kappa shape index (κ1) is 15.2. The fraction of sp³-hybridized carbons (Fsp3) is 0.625. The maximum atomic E-state index is 9.48. The van der Waals surface area contributed by atoms with Gasteiger partial charge in [-0.25, -0.2) is 0 Å². The Labute approximate surface area is 111 Å². The second kappa shape index (κ2) is 9.12. The van der Waals surface area contributed by atoms with Crippen LogP contribution in [0.15, 0.2) is 30.3 Å². The van der Waals surface area contributed by atoms with Crippen molar-refractivity contribution in [3.05, 3.63) is 35.9 Å². The third kappa shape index (κ3) is 5.65. The Kier molecular flexibility index (Phi) is 7.70. The summed E-state index contributed by atoms with van der Waals surface area (Å²) >= 11 is 0. The van der Waals surface area contributed by atoms with Crippen LogP contribution in [0.25, 0.3) is 0 Å². The van der Waals surface area contributed by atoms with Gasteiger partial charge in [-0.15, -0.1) is 0 Å². The third-order valence-corrected chi connectivity index (χ3v) is 3.36. The zero-order chi connectivity index (χ0) is 13.2. The first-order valence-corrected chi connectivity index (χ1v) is 7.19. The number of unbranched alkanes of at least 4 members (excludes halogenated alkanes) is 3. The van der Waals surface area contributed by atoms with E-state index >= 15 is 0 Å². The second-order valence-corrected chi connectivity index (χ2v) is 5.06. The largest absolute Gasteiger partial charge is 0.394 e. The SMILES string of the molecule is CCCCCCC(C)NC(CO)c1ccccc1. The number of rotatable bonds is 9. The van der Waals surface area contributed by atoms with E-state index in [1.165, 1.54) is 37.7 Å². The smallest absolute Gasteiger partial charge is 0.0626 e. The zero-order valence-electron chi connectivity index (χ0n) is 11.7. The van der Waals surface area contributed by atoms with Crippen molar-refractivity contribution in [2.75, 3.05) is 6.61 Å². The molecule has 0 aliphatic carbocycles. The summed E-state index contributed by atoms with van der Waals surface area (Å²) in [5.74, 6) is 0. The molecule has 102 valence electrons. The first-order chi connectivity index (χ1) is 8.77. The molecular weight excluding hydrogens is 222 g/mol. The number of hydrogen-bond acceptors (Lipinski definition) is 2. The second-order valence-electron chi connectivity index (χ2n) is 5.06. The minimum Gasteiger partial charge on any atom is -0.394 e. The molecule has 0 spiro atoms. The fourth-order valence-corrected chi connectivity index (χ4v) is 2.24. The van der Waals surface area contributed by atoms with Crippen LogP contribution >= 0.6 is 0 Å². The van der Waals surface area contributed by atoms with Crippen molar-refractivity contribution in [3.63, 3.8) is 0 Å². The Hall–Kier alpha value is -0.860. The van der Waals surface area contributed by atoms with Gasteiger partial charge in [0.1, 0.15) is 0 Å². The van der Waals surface area contributed by atoms with Gasteiger partial charge >= 0.3 is 0 Å². The van der Waals surface area contributed by atoms with Crippen LogP contribution in [0.1, 0.15) is 57.6 Å². The molecule has 0 bridgehead atoms. The number of benzene rings is 1. The molecule has 0 fully saturated rings. The van der Waals surface area contributed by atoms with Gasteiger partial charge in [-0.2, -0.15) is 0 Å². The lowest BCUT2D eigenvalue weighted by Gasteiger charge is -2.22. The van der Waals surface area contributed by atoms with Gasteiger partial charge in [0.15, 0.2) is 0 Å². The van der Waals surface area contributed by atoms with Crippen molar-refractivity contribution in [1.82, 2.24) is 5.32 Å². The molecule has 0 saturated carbocycles. The van der Waals surface area contributed by atoms with Crippen molar-refractivity contribution in [2.24, 2.45) is 0 Å². The molecule has 1 aromatic carbocycles. The van der Waals surface area contributed by atoms with Crippen molar-refractivity contribution in [3.8, 4) is 0 Å². The molecule has 0 heterocycles. The maximum Gasteiger partial charge on any atom is 0.0626 e. The number of aliphatic hydroxyl groups excluding tert-OH is 1. The minimum atomic E-state index is 0.0624. The summed E-state index contributed by atoms with van der Waals surface area (Å²) in [4.78, 5) is 0. The van der Waals surface area contributed by atoms with Crippen molar-refractivity contribution in [1.29, 1.82) is 0 Å². The molecule has 0 aliphatic rings. The number of aliphatic hydroxyl groups is 1. The van der Waals surface area contributed by atoms with E-state index in [4.69, 9.17) is 0 Å². The highest BCUT2D eigenvalue weighted by Gasteiger charge is 2.12. The lowest BCUT2D eigenvalue weighted by atomic mass is 10.0. The lowest BCUT2D eigenvalue weighted by Crippen LogP contribution is -2.32. The molecule has 0 aromatic heterocycles. The highest BCUT2D eigenvalue weighted by atomic mass is 16.3. The quantitative estimate of drug-likeness (QED) is 0.654. The minimum absolute atomic E-state index is 0.0624. The van der Waals surface area contributed by atoms with Gasteiger partial charge in [-0.05, 0) is 18.9 Å². The van der Waals surface area contributed by atoms with E-state index in [1.807, 2.05) is 18.2 Å². The Balaban J connectivity index is 2.34. The predicted molar refractivity (Wildman–Crippen MR) is 77.6 cm³/mol. The molecule has 0 amide bonds. The topological polar surface area (TPSA) is 32.3 Å². The standard InChI is InChI=1S/C16H27NO/c1-3-4-5-7-10-14(2)17-16(13-18)15-11-8-6-9-12-15/h6,8-9,11-12,14,16-18H,3-5,7,10,13H2,1-2H3. The van der Waals surface area contributed by atoms with Gasteiger partial charge in [0.25, 0.3) is 0 Å². The Morgan fingerprint density at radius 1 is 1.11 bits per heavy atom. The molecule has 2 nitrogen and oxygen atoms in total. The molecule has 2 N–H and O–H groups in total. The fourth-order valence-electron chi connectivity index (χ4n) is 2.24. The van der Waals surface area contributed by atoms with Crippen molar-refractivity contribution >= 4 is 0 Å². The number of hydrogen-bond donors (Lipinski definition) is 2. The highest BCUT2D eigenvalue weighted by Crippen LogP contribution is 2.14. The molecule has 2 atom stereocenters. The molecule has 2 unspecified atom stereocenters. The summed E-state index contributed by atoms with van der Waals surface area (Å²) < 4.78 is 0. The van der Waals surface area contributed by atoms with Gasteiger partial charge in [0.2, 0.25) is 0 Å². The van der Waals surface area contributed by atoms with E-state index in [0.717, 1.165) is 0 Å². The maximum absolute atomic E-state index is 9.48. The number of nitrogens with one attached hydrogen (secondary N) is 1. The van der Waals surface area contributed by atoms with Gasteiger partial charge in [-0.3, -0.25) is 0 Å². The highest BCUT2D eigenvalue weighted by molar-refractivity contribution is 5.18. The summed E-state index contributed by atoms with van der Waals surface area (Å²) in [6.45, 7) is 4.60. The summed E-state index contributed by atoms with van der Waals surface area (Å²) in [6.07, 6.45) is 6.38. The molecule has 2 heteroatoms. The van der Waals surface area contributed by atoms with E-state index in [2.05, 4.69) is 31.3 Å². The van der Waals surface area contributed by atoms with E-state index in [9.17, 15) is 5.11 Å². The lowest BCUT2D eigenvalue weighted by molar-refractivity contribution is 0.232. The van der Waals surface area contributed by atoms with E-state index in [1.54, 1.807) is 0 Å².